The summed E-state index contributed by atoms with van der Waals surface area (Å²) in [7, 11) is 0. The molecule has 1 saturated heterocycles. The van der Waals surface area contributed by atoms with Crippen LogP contribution in [-0.4, -0.2) is 90.6 Å². The second-order valence-corrected chi connectivity index (χ2v) is 5.63. The van der Waals surface area contributed by atoms with Gasteiger partial charge < -0.3 is 0 Å². The van der Waals surface area contributed by atoms with E-state index in [0.29, 0.717) is 4.70 Å². The number of hydrogen-bond donors (Lipinski definition) is 2. The Morgan fingerprint density at radius 2 is 2.30 bits per heavy atom. The van der Waals surface area contributed by atoms with Crippen LogP contribution in [0.25, 0.3) is 0 Å². The van der Waals surface area contributed by atoms with Crippen molar-refractivity contribution in [2.45, 2.75) is 6.42 Å². The Labute approximate surface area is 118 Å². The van der Waals surface area contributed by atoms with E-state index in [2.05, 4.69) is 49.3 Å². The van der Waals surface area contributed by atoms with Crippen LogP contribution in [0.4, 0.5) is 0 Å². The van der Waals surface area contributed by atoms with Crippen LogP contribution in [0.1, 0.15) is 6.42 Å². The standard InChI is InChI=1S/C12H22N8/c1-2-16-18(6-1)20(9-5-15-12-20)19(8-4-14-11-19)17-7-3-13-10-17/h7,11,13,15H,1,3-6,8-10,12H2/q+4. The van der Waals surface area contributed by atoms with Crippen LogP contribution in [0.2, 0.25) is 0 Å². The molecule has 8 nitrogen and oxygen atoms in total. The Balaban J connectivity index is 1.80. The lowest BCUT2D eigenvalue weighted by Gasteiger charge is -2.41. The van der Waals surface area contributed by atoms with Crippen molar-refractivity contribution in [1.82, 2.24) is 15.8 Å². The highest BCUT2D eigenvalue weighted by molar-refractivity contribution is 5.58. The highest BCUT2D eigenvalue weighted by atomic mass is 16.2. The van der Waals surface area contributed by atoms with E-state index in [1.165, 1.54) is 0 Å². The predicted molar refractivity (Wildman–Crippen MR) is 74.4 cm³/mol. The molecule has 2 N–H and O–H groups in total. The van der Waals surface area contributed by atoms with Gasteiger partial charge in [-0.3, -0.25) is 5.32 Å². The maximum atomic E-state index is 4.57. The molecule has 4 aliphatic heterocycles. The number of aliphatic imine (C=N–C) groups is 1. The fourth-order valence-electron chi connectivity index (χ4n) is 3.69. The molecule has 0 aromatic carbocycles. The summed E-state index contributed by atoms with van der Waals surface area (Å²) in [5.74, 6) is 0. The predicted octanol–water partition coefficient (Wildman–Crippen LogP) is -1.82. The topological polar surface area (TPSA) is 55.0 Å². The fourth-order valence-corrected chi connectivity index (χ4v) is 3.69. The molecule has 0 aromatic heterocycles. The summed E-state index contributed by atoms with van der Waals surface area (Å²) in [4.78, 5) is 4.57. The molecular weight excluding hydrogens is 256 g/mol. The van der Waals surface area contributed by atoms with Gasteiger partial charge in [0.1, 0.15) is 16.3 Å². The van der Waals surface area contributed by atoms with Crippen LogP contribution in [0.3, 0.4) is 0 Å². The first kappa shape index (κ1) is 12.3. The fraction of sp³-hybridized carbons (Fsp3) is 0.750. The second kappa shape index (κ2) is 4.54. The number of nitrogens with one attached hydrogen (secondary N) is 2. The van der Waals surface area contributed by atoms with Crippen LogP contribution in [-0.2, 0) is 0 Å². The molecule has 0 amide bonds. The second-order valence-electron chi connectivity index (χ2n) is 5.63. The van der Waals surface area contributed by atoms with Gasteiger partial charge in [0, 0.05) is 9.39 Å². The summed E-state index contributed by atoms with van der Waals surface area (Å²) >= 11 is 0. The molecular formula is C12H22N8+4. The molecule has 0 aliphatic carbocycles. The summed E-state index contributed by atoms with van der Waals surface area (Å²) in [6, 6.07) is 0. The first-order valence-electron chi connectivity index (χ1n) is 7.37. The summed E-state index contributed by atoms with van der Waals surface area (Å²) in [6.45, 7) is 7.54. The van der Waals surface area contributed by atoms with Gasteiger partial charge >= 0.3 is 6.21 Å². The van der Waals surface area contributed by atoms with Gasteiger partial charge in [0.25, 0.3) is 13.0 Å². The SMILES string of the molecule is [C+]1=NN([N+]2([N+]3([N+]4=CCNC4)C=NCC3)CCNC2)CC1. The van der Waals surface area contributed by atoms with Crippen molar-refractivity contribution in [3.8, 4) is 0 Å². The molecule has 0 spiro atoms. The third-order valence-electron chi connectivity index (χ3n) is 4.69. The molecule has 0 radical (unpaired) electrons. The highest BCUT2D eigenvalue weighted by Gasteiger charge is 2.67. The Morgan fingerprint density at radius 1 is 1.30 bits per heavy atom. The first-order valence-corrected chi connectivity index (χ1v) is 7.37. The summed E-state index contributed by atoms with van der Waals surface area (Å²) in [6.07, 6.45) is 8.39. The maximum absolute atomic E-state index is 4.57. The molecule has 4 rings (SSSR count). The molecule has 106 valence electrons. The first-order chi connectivity index (χ1) is 9.87. The van der Waals surface area contributed by atoms with Crippen molar-refractivity contribution in [3.63, 3.8) is 0 Å². The third-order valence-corrected chi connectivity index (χ3v) is 4.69. The van der Waals surface area contributed by atoms with E-state index >= 15 is 0 Å². The van der Waals surface area contributed by atoms with Gasteiger partial charge in [-0.05, 0) is 5.12 Å². The smallest absolute Gasteiger partial charge is 0.258 e. The molecule has 0 saturated carbocycles. The zero-order chi connectivity index (χ0) is 13.5. The van der Waals surface area contributed by atoms with Crippen molar-refractivity contribution in [2.75, 3.05) is 52.6 Å². The average molecular weight is 278 g/mol. The largest absolute Gasteiger partial charge is 0.389 e. The van der Waals surface area contributed by atoms with E-state index in [1.807, 2.05) is 0 Å². The third kappa shape index (κ3) is 1.51. The van der Waals surface area contributed by atoms with Crippen molar-refractivity contribution >= 4 is 18.8 Å². The normalized spacial score (nSPS) is 39.6. The number of quaternary nitrogens is 2. The van der Waals surface area contributed by atoms with Crippen molar-refractivity contribution in [3.05, 3.63) is 0 Å². The number of rotatable bonds is 3. The lowest BCUT2D eigenvalue weighted by molar-refractivity contribution is -1.65. The van der Waals surface area contributed by atoms with Gasteiger partial charge in [-0.2, -0.15) is 0 Å². The molecule has 8 heteroatoms. The molecule has 2 atom stereocenters. The Hall–Kier alpha value is -1.44. The lowest BCUT2D eigenvalue weighted by atomic mass is 10.5. The van der Waals surface area contributed by atoms with Crippen molar-refractivity contribution in [2.24, 2.45) is 10.1 Å². The molecule has 0 bridgehead atoms. The molecule has 2 unspecified atom stereocenters. The average Bonchev–Trinajstić information content (AvgIpc) is 3.24. The minimum atomic E-state index is 0.713. The molecule has 1 fully saturated rings. The molecule has 20 heavy (non-hydrogen) atoms. The van der Waals surface area contributed by atoms with Crippen LogP contribution in [0, 0.1) is 0 Å². The Kier molecular flexibility index (Phi) is 2.80. The molecule has 0 aromatic rings. The van der Waals surface area contributed by atoms with E-state index in [0.717, 1.165) is 63.7 Å². The van der Waals surface area contributed by atoms with Crippen molar-refractivity contribution in [1.29, 1.82) is 0 Å². The maximum Gasteiger partial charge on any atom is 0.389 e. The van der Waals surface area contributed by atoms with E-state index in [4.69, 9.17) is 0 Å². The molecule has 4 heterocycles. The minimum absolute atomic E-state index is 0.713. The zero-order valence-electron chi connectivity index (χ0n) is 11.7. The highest BCUT2D eigenvalue weighted by Crippen LogP contribution is 2.31. The quantitative estimate of drug-likeness (QED) is 0.363. The number of hydrazone groups is 1. The molecule has 4 aliphatic rings. The van der Waals surface area contributed by atoms with Crippen LogP contribution in [0.15, 0.2) is 10.1 Å². The summed E-state index contributed by atoms with van der Waals surface area (Å²) < 4.78 is 3.84. The zero-order valence-corrected chi connectivity index (χ0v) is 11.7. The summed E-state index contributed by atoms with van der Waals surface area (Å²) in [5.41, 5.74) is 0. The number of hydrogen-bond acceptors (Lipinski definition) is 5. The Bertz CT molecular complexity index is 478. The van der Waals surface area contributed by atoms with Gasteiger partial charge in [0.15, 0.2) is 13.1 Å². The van der Waals surface area contributed by atoms with E-state index in [1.54, 1.807) is 0 Å². The Morgan fingerprint density at radius 3 is 2.90 bits per heavy atom. The van der Waals surface area contributed by atoms with Gasteiger partial charge in [0.05, 0.1) is 13.1 Å². The van der Waals surface area contributed by atoms with E-state index < -0.39 is 0 Å². The van der Waals surface area contributed by atoms with E-state index in [-0.39, 0.29) is 0 Å². The van der Waals surface area contributed by atoms with Crippen LogP contribution < -0.4 is 10.6 Å². The summed E-state index contributed by atoms with van der Waals surface area (Å²) in [5, 5.41) is 13.6. The van der Waals surface area contributed by atoms with Crippen LogP contribution >= 0.6 is 0 Å². The van der Waals surface area contributed by atoms with Gasteiger partial charge in [-0.25, -0.2) is 10.3 Å². The monoisotopic (exact) mass is 278 g/mol. The number of nitrogens with zero attached hydrogens (tertiary/aromatic N) is 6. The van der Waals surface area contributed by atoms with E-state index in [9.17, 15) is 0 Å². The van der Waals surface area contributed by atoms with Crippen molar-refractivity contribution < 1.29 is 14.1 Å². The van der Waals surface area contributed by atoms with Gasteiger partial charge in [-0.1, -0.05) is 0 Å². The van der Waals surface area contributed by atoms with Gasteiger partial charge in [0.2, 0.25) is 25.8 Å². The van der Waals surface area contributed by atoms with Gasteiger partial charge in [-0.15, -0.1) is 0 Å². The van der Waals surface area contributed by atoms with Crippen LogP contribution in [0.5, 0.6) is 0 Å². The lowest BCUT2D eigenvalue weighted by Crippen LogP contribution is -2.79. The minimum Gasteiger partial charge on any atom is -0.258 e.